The standard InChI is InChI=1S/C16H12Cl2.C7H4Cl2O/c17-15-10-11-16(18)14(12-15)9-5-4-8-13-6-2-1-3-7-13;8-6-1-2-7(9)5(3-6)4-10/h1-12H;1-4H/b8-4+,9-5+;. The second-order valence-corrected chi connectivity index (χ2v) is 7.27. The maximum atomic E-state index is 10.2. The molecule has 1 nitrogen and oxygen atoms in total. The molecule has 0 N–H and O–H groups in total. The molecule has 3 aromatic carbocycles. The fourth-order valence-corrected chi connectivity index (χ4v) is 2.84. The Kier molecular flexibility index (Phi) is 9.33. The van der Waals surface area contributed by atoms with E-state index in [1.807, 2.05) is 48.6 Å². The van der Waals surface area contributed by atoms with Crippen LogP contribution in [0, 0.1) is 0 Å². The molecule has 0 fully saturated rings. The first-order valence-corrected chi connectivity index (χ1v) is 9.76. The van der Waals surface area contributed by atoms with E-state index in [0.717, 1.165) is 5.56 Å². The summed E-state index contributed by atoms with van der Waals surface area (Å²) in [5, 5.41) is 2.33. The van der Waals surface area contributed by atoms with Crippen LogP contribution < -0.4 is 0 Å². The zero-order valence-electron chi connectivity index (χ0n) is 14.7. The van der Waals surface area contributed by atoms with Gasteiger partial charge in [0.05, 0.1) is 5.02 Å². The van der Waals surface area contributed by atoms with Crippen LogP contribution in [0.15, 0.2) is 78.9 Å². The molecular weight excluding hydrogens is 434 g/mol. The van der Waals surface area contributed by atoms with E-state index < -0.39 is 0 Å². The number of allylic oxidation sites excluding steroid dienone is 2. The Morgan fingerprint density at radius 3 is 1.71 bits per heavy atom. The lowest BCUT2D eigenvalue weighted by atomic mass is 10.2. The molecule has 3 rings (SSSR count). The fraction of sp³-hybridized carbons (Fsp3) is 0. The average molecular weight is 450 g/mol. The third-order valence-corrected chi connectivity index (χ3v) is 4.68. The molecule has 0 atom stereocenters. The maximum absolute atomic E-state index is 10.2. The number of hydrogen-bond donors (Lipinski definition) is 0. The molecule has 0 unspecified atom stereocenters. The first kappa shape index (κ1) is 22.3. The summed E-state index contributed by atoms with van der Waals surface area (Å²) < 4.78 is 0. The zero-order valence-corrected chi connectivity index (χ0v) is 17.7. The van der Waals surface area contributed by atoms with E-state index in [1.54, 1.807) is 24.3 Å². The zero-order chi connectivity index (χ0) is 20.4. The highest BCUT2D eigenvalue weighted by atomic mass is 35.5. The molecule has 0 saturated carbocycles. The fourth-order valence-electron chi connectivity index (χ4n) is 2.14. The second kappa shape index (κ2) is 11.7. The van der Waals surface area contributed by atoms with Gasteiger partial charge in [-0.3, -0.25) is 4.79 Å². The van der Waals surface area contributed by atoms with Crippen molar-refractivity contribution < 1.29 is 4.79 Å². The van der Waals surface area contributed by atoms with Crippen molar-refractivity contribution in [3.05, 3.63) is 116 Å². The van der Waals surface area contributed by atoms with Gasteiger partial charge in [0.2, 0.25) is 0 Å². The molecule has 5 heteroatoms. The normalized spacial score (nSPS) is 10.7. The number of aldehydes is 1. The van der Waals surface area contributed by atoms with Crippen LogP contribution in [0.3, 0.4) is 0 Å². The summed E-state index contributed by atoms with van der Waals surface area (Å²) in [4.78, 5) is 10.2. The lowest BCUT2D eigenvalue weighted by Gasteiger charge is -1.97. The molecule has 0 aliphatic rings. The van der Waals surface area contributed by atoms with Gasteiger partial charge in [0.15, 0.2) is 6.29 Å². The molecule has 0 saturated heterocycles. The van der Waals surface area contributed by atoms with Crippen LogP contribution in [0.5, 0.6) is 0 Å². The molecule has 0 radical (unpaired) electrons. The van der Waals surface area contributed by atoms with Gasteiger partial charge in [-0.2, -0.15) is 0 Å². The van der Waals surface area contributed by atoms with Crippen LogP contribution in [0.25, 0.3) is 12.2 Å². The lowest BCUT2D eigenvalue weighted by Crippen LogP contribution is -1.79. The van der Waals surface area contributed by atoms with Gasteiger partial charge in [0, 0.05) is 20.6 Å². The third kappa shape index (κ3) is 7.53. The van der Waals surface area contributed by atoms with Gasteiger partial charge in [0.1, 0.15) is 0 Å². The number of benzene rings is 3. The highest BCUT2D eigenvalue weighted by molar-refractivity contribution is 6.35. The van der Waals surface area contributed by atoms with Gasteiger partial charge < -0.3 is 0 Å². The molecule has 0 bridgehead atoms. The van der Waals surface area contributed by atoms with Crippen LogP contribution in [0.1, 0.15) is 21.5 Å². The van der Waals surface area contributed by atoms with E-state index in [1.165, 1.54) is 11.6 Å². The molecule has 0 amide bonds. The van der Waals surface area contributed by atoms with Crippen molar-refractivity contribution >= 4 is 64.8 Å². The lowest BCUT2D eigenvalue weighted by molar-refractivity contribution is 0.112. The van der Waals surface area contributed by atoms with E-state index in [-0.39, 0.29) is 0 Å². The predicted octanol–water partition coefficient (Wildman–Crippen LogP) is 8.53. The first-order valence-electron chi connectivity index (χ1n) is 8.24. The quantitative estimate of drug-likeness (QED) is 0.288. The van der Waals surface area contributed by atoms with E-state index in [9.17, 15) is 4.79 Å². The van der Waals surface area contributed by atoms with Gasteiger partial charge in [-0.25, -0.2) is 0 Å². The smallest absolute Gasteiger partial charge is 0.151 e. The van der Waals surface area contributed by atoms with Crippen LogP contribution in [-0.4, -0.2) is 6.29 Å². The minimum atomic E-state index is 0.425. The van der Waals surface area contributed by atoms with Crippen molar-refractivity contribution in [3.63, 3.8) is 0 Å². The SMILES string of the molecule is Clc1ccc(Cl)c(/C=C/C=C/c2ccccc2)c1.O=Cc1cc(Cl)ccc1Cl. The molecule has 0 aliphatic heterocycles. The molecule has 0 aliphatic carbocycles. The number of carbonyl (C=O) groups is 1. The molecule has 0 heterocycles. The highest BCUT2D eigenvalue weighted by Gasteiger charge is 1.97. The van der Waals surface area contributed by atoms with Crippen LogP contribution in [0.4, 0.5) is 0 Å². The van der Waals surface area contributed by atoms with Crippen molar-refractivity contribution in [1.29, 1.82) is 0 Å². The summed E-state index contributed by atoms with van der Waals surface area (Å²) >= 11 is 23.2. The summed E-state index contributed by atoms with van der Waals surface area (Å²) in [5.74, 6) is 0. The molecule has 142 valence electrons. The third-order valence-electron chi connectivity index (χ3n) is 3.52. The van der Waals surface area contributed by atoms with E-state index >= 15 is 0 Å². The van der Waals surface area contributed by atoms with Gasteiger partial charge >= 0.3 is 0 Å². The Hall–Kier alpha value is -2.03. The first-order chi connectivity index (χ1) is 13.5. The van der Waals surface area contributed by atoms with Crippen molar-refractivity contribution in [2.24, 2.45) is 0 Å². The predicted molar refractivity (Wildman–Crippen MR) is 123 cm³/mol. The minimum absolute atomic E-state index is 0.425. The average Bonchev–Trinajstić information content (AvgIpc) is 2.71. The Balaban J connectivity index is 0.000000237. The summed E-state index contributed by atoms with van der Waals surface area (Å²) in [7, 11) is 0. The topological polar surface area (TPSA) is 17.1 Å². The largest absolute Gasteiger partial charge is 0.298 e. The second-order valence-electron chi connectivity index (χ2n) is 5.58. The van der Waals surface area contributed by atoms with Gasteiger partial charge in [-0.15, -0.1) is 0 Å². The summed E-state index contributed by atoms with van der Waals surface area (Å²) in [6.45, 7) is 0. The maximum Gasteiger partial charge on any atom is 0.151 e. The van der Waals surface area contributed by atoms with Gasteiger partial charge in [-0.1, -0.05) is 101 Å². The Bertz CT molecular complexity index is 979. The van der Waals surface area contributed by atoms with Gasteiger partial charge in [0.25, 0.3) is 0 Å². The van der Waals surface area contributed by atoms with Crippen LogP contribution >= 0.6 is 46.4 Å². The number of halogens is 4. The van der Waals surface area contributed by atoms with Gasteiger partial charge in [-0.05, 0) is 47.5 Å². The van der Waals surface area contributed by atoms with E-state index in [4.69, 9.17) is 46.4 Å². The molecule has 28 heavy (non-hydrogen) atoms. The van der Waals surface area contributed by atoms with Crippen molar-refractivity contribution in [2.45, 2.75) is 0 Å². The van der Waals surface area contributed by atoms with Crippen molar-refractivity contribution in [3.8, 4) is 0 Å². The Morgan fingerprint density at radius 2 is 1.14 bits per heavy atom. The molecular formula is C23H16Cl4O. The summed E-state index contributed by atoms with van der Waals surface area (Å²) in [6, 6.07) is 20.3. The van der Waals surface area contributed by atoms with Crippen molar-refractivity contribution in [1.82, 2.24) is 0 Å². The van der Waals surface area contributed by atoms with E-state index in [0.29, 0.717) is 31.9 Å². The number of rotatable bonds is 4. The number of carbonyl (C=O) groups excluding carboxylic acids is 1. The molecule has 3 aromatic rings. The van der Waals surface area contributed by atoms with Crippen LogP contribution in [-0.2, 0) is 0 Å². The Labute approximate surface area is 184 Å². The minimum Gasteiger partial charge on any atom is -0.298 e. The summed E-state index contributed by atoms with van der Waals surface area (Å²) in [5.41, 5.74) is 2.51. The van der Waals surface area contributed by atoms with Crippen molar-refractivity contribution in [2.75, 3.05) is 0 Å². The monoisotopic (exact) mass is 448 g/mol. The highest BCUT2D eigenvalue weighted by Crippen LogP contribution is 2.22. The molecule has 0 aromatic heterocycles. The number of hydrogen-bond acceptors (Lipinski definition) is 1. The Morgan fingerprint density at radius 1 is 0.607 bits per heavy atom. The molecule has 0 spiro atoms. The summed E-state index contributed by atoms with van der Waals surface area (Å²) in [6.07, 6.45) is 8.58. The van der Waals surface area contributed by atoms with E-state index in [2.05, 4.69) is 12.1 Å². The van der Waals surface area contributed by atoms with Crippen LogP contribution in [0.2, 0.25) is 20.1 Å².